The number of rotatable bonds is 4. The normalized spacial score (nSPS) is 28.9. The minimum Gasteiger partial charge on any atom is -0.346 e. The maximum Gasteiger partial charge on any atom is 0.262 e. The van der Waals surface area contributed by atoms with E-state index in [0.29, 0.717) is 21.6 Å². The highest BCUT2D eigenvalue weighted by molar-refractivity contribution is 7.20. The maximum absolute atomic E-state index is 13.4. The largest absolute Gasteiger partial charge is 0.346 e. The molecular formula is C25H27N3O2S. The van der Waals surface area contributed by atoms with Crippen molar-refractivity contribution in [2.75, 3.05) is 0 Å². The van der Waals surface area contributed by atoms with Crippen LogP contribution in [0.1, 0.15) is 59.3 Å². The van der Waals surface area contributed by atoms with Gasteiger partial charge in [-0.3, -0.25) is 14.2 Å². The van der Waals surface area contributed by atoms with Crippen LogP contribution in [0.2, 0.25) is 0 Å². The molecule has 1 N–H and O–H groups in total. The van der Waals surface area contributed by atoms with E-state index in [1.165, 1.54) is 30.6 Å². The first-order valence-corrected chi connectivity index (χ1v) is 12.2. The molecule has 5 nitrogen and oxygen atoms in total. The van der Waals surface area contributed by atoms with E-state index in [1.54, 1.807) is 10.9 Å². The first-order chi connectivity index (χ1) is 15.0. The summed E-state index contributed by atoms with van der Waals surface area (Å²) in [6.07, 6.45) is 9.02. The molecule has 1 amide bonds. The van der Waals surface area contributed by atoms with E-state index in [2.05, 4.69) is 10.3 Å². The molecule has 4 fully saturated rings. The Morgan fingerprint density at radius 2 is 1.77 bits per heavy atom. The Labute approximate surface area is 185 Å². The van der Waals surface area contributed by atoms with Crippen molar-refractivity contribution in [3.63, 3.8) is 0 Å². The number of carbonyl (C=O) groups excluding carboxylic acids is 1. The van der Waals surface area contributed by atoms with Crippen molar-refractivity contribution in [3.8, 4) is 0 Å². The van der Waals surface area contributed by atoms with Crippen LogP contribution in [0, 0.1) is 24.7 Å². The van der Waals surface area contributed by atoms with Crippen LogP contribution in [0.3, 0.4) is 0 Å². The number of thiophene rings is 1. The lowest BCUT2D eigenvalue weighted by molar-refractivity contribution is -0.0166. The van der Waals surface area contributed by atoms with Crippen LogP contribution in [-0.4, -0.2) is 21.0 Å². The number of amides is 1. The Kier molecular flexibility index (Phi) is 4.36. The highest BCUT2D eigenvalue weighted by atomic mass is 32.1. The van der Waals surface area contributed by atoms with E-state index in [1.807, 2.05) is 37.3 Å². The first kappa shape index (κ1) is 19.2. The average molecular weight is 434 g/mol. The van der Waals surface area contributed by atoms with Gasteiger partial charge in [-0.2, -0.15) is 0 Å². The molecule has 160 valence electrons. The van der Waals surface area contributed by atoms with Crippen molar-refractivity contribution >= 4 is 27.5 Å². The van der Waals surface area contributed by atoms with E-state index in [-0.39, 0.29) is 17.0 Å². The second-order valence-corrected chi connectivity index (χ2v) is 11.1. The molecule has 0 unspecified atom stereocenters. The molecule has 3 aromatic rings. The lowest BCUT2D eigenvalue weighted by atomic mass is 9.53. The van der Waals surface area contributed by atoms with Crippen molar-refractivity contribution in [1.29, 1.82) is 0 Å². The van der Waals surface area contributed by atoms with Gasteiger partial charge in [-0.05, 0) is 74.3 Å². The summed E-state index contributed by atoms with van der Waals surface area (Å²) in [5.41, 5.74) is 1.71. The Bertz CT molecular complexity index is 1190. The highest BCUT2D eigenvalue weighted by Gasteiger charge is 2.51. The smallest absolute Gasteiger partial charge is 0.262 e. The van der Waals surface area contributed by atoms with Crippen LogP contribution in [0.5, 0.6) is 0 Å². The summed E-state index contributed by atoms with van der Waals surface area (Å²) in [5.74, 6) is 2.32. The van der Waals surface area contributed by atoms with Gasteiger partial charge in [0.1, 0.15) is 4.83 Å². The van der Waals surface area contributed by atoms with Crippen molar-refractivity contribution < 1.29 is 4.79 Å². The number of benzene rings is 1. The molecule has 0 atom stereocenters. The van der Waals surface area contributed by atoms with E-state index >= 15 is 0 Å². The molecule has 0 radical (unpaired) electrons. The lowest BCUT2D eigenvalue weighted by Gasteiger charge is -2.56. The maximum atomic E-state index is 13.4. The summed E-state index contributed by atoms with van der Waals surface area (Å²) >= 11 is 1.35. The van der Waals surface area contributed by atoms with Gasteiger partial charge >= 0.3 is 0 Å². The van der Waals surface area contributed by atoms with Gasteiger partial charge in [0.15, 0.2) is 0 Å². The molecule has 0 saturated heterocycles. The summed E-state index contributed by atoms with van der Waals surface area (Å²) in [7, 11) is 0. The summed E-state index contributed by atoms with van der Waals surface area (Å²) in [6, 6.07) is 9.90. The summed E-state index contributed by atoms with van der Waals surface area (Å²) in [4.78, 5) is 32.4. The number of carbonyl (C=O) groups is 1. The number of aryl methyl sites for hydroxylation is 1. The van der Waals surface area contributed by atoms with Crippen LogP contribution in [-0.2, 0) is 6.54 Å². The zero-order chi connectivity index (χ0) is 21.2. The number of nitrogens with zero attached hydrogens (tertiary/aromatic N) is 2. The number of hydrogen-bond acceptors (Lipinski definition) is 4. The second-order valence-electron chi connectivity index (χ2n) is 10.1. The second kappa shape index (κ2) is 7.02. The minimum absolute atomic E-state index is 0.0172. The van der Waals surface area contributed by atoms with Crippen molar-refractivity contribution in [1.82, 2.24) is 14.9 Å². The number of aromatic nitrogens is 2. The van der Waals surface area contributed by atoms with Gasteiger partial charge < -0.3 is 5.32 Å². The summed E-state index contributed by atoms with van der Waals surface area (Å²) < 4.78 is 1.64. The van der Waals surface area contributed by atoms with Gasteiger partial charge in [-0.25, -0.2) is 4.98 Å². The van der Waals surface area contributed by atoms with Crippen LogP contribution >= 0.6 is 11.3 Å². The molecule has 4 saturated carbocycles. The summed E-state index contributed by atoms with van der Waals surface area (Å²) in [6.45, 7) is 2.37. The zero-order valence-corrected chi connectivity index (χ0v) is 18.6. The van der Waals surface area contributed by atoms with E-state index in [9.17, 15) is 9.59 Å². The molecule has 31 heavy (non-hydrogen) atoms. The third kappa shape index (κ3) is 3.23. The predicted octanol–water partition coefficient (Wildman–Crippen LogP) is 4.51. The Morgan fingerprint density at radius 1 is 1.13 bits per heavy atom. The Balaban J connectivity index is 1.31. The van der Waals surface area contributed by atoms with Crippen LogP contribution < -0.4 is 10.9 Å². The topological polar surface area (TPSA) is 64.0 Å². The van der Waals surface area contributed by atoms with Crippen LogP contribution in [0.25, 0.3) is 10.2 Å². The molecule has 7 rings (SSSR count). The van der Waals surface area contributed by atoms with Gasteiger partial charge in [0.05, 0.1) is 23.1 Å². The van der Waals surface area contributed by atoms with E-state index in [4.69, 9.17) is 0 Å². The fraction of sp³-hybridized carbons (Fsp3) is 0.480. The molecule has 0 aliphatic heterocycles. The van der Waals surface area contributed by atoms with Gasteiger partial charge in [-0.1, -0.05) is 30.3 Å². The molecular weight excluding hydrogens is 406 g/mol. The lowest BCUT2D eigenvalue weighted by Crippen LogP contribution is -2.59. The van der Waals surface area contributed by atoms with Crippen LogP contribution in [0.4, 0.5) is 0 Å². The van der Waals surface area contributed by atoms with Crippen molar-refractivity contribution in [3.05, 3.63) is 63.0 Å². The Hall–Kier alpha value is -2.47. The van der Waals surface area contributed by atoms with E-state index < -0.39 is 0 Å². The minimum atomic E-state index is -0.0727. The third-order valence-corrected chi connectivity index (χ3v) is 8.93. The van der Waals surface area contributed by atoms with Crippen molar-refractivity contribution in [2.24, 2.45) is 17.8 Å². The van der Waals surface area contributed by atoms with Gasteiger partial charge in [0.2, 0.25) is 0 Å². The van der Waals surface area contributed by atoms with Crippen molar-refractivity contribution in [2.45, 2.75) is 57.5 Å². The molecule has 4 aliphatic rings. The predicted molar refractivity (Wildman–Crippen MR) is 123 cm³/mol. The van der Waals surface area contributed by atoms with Gasteiger partial charge in [0.25, 0.3) is 11.5 Å². The fourth-order valence-electron chi connectivity index (χ4n) is 6.83. The average Bonchev–Trinajstić information content (AvgIpc) is 3.07. The quantitative estimate of drug-likeness (QED) is 0.658. The molecule has 0 spiro atoms. The van der Waals surface area contributed by atoms with E-state index in [0.717, 1.165) is 48.1 Å². The molecule has 1 aromatic carbocycles. The monoisotopic (exact) mass is 433 g/mol. The molecule has 2 aromatic heterocycles. The van der Waals surface area contributed by atoms with Gasteiger partial charge in [0, 0.05) is 5.54 Å². The highest BCUT2D eigenvalue weighted by Crippen LogP contribution is 2.55. The Morgan fingerprint density at radius 3 is 2.42 bits per heavy atom. The standard InChI is InChI=1S/C25H27N3O2S/c1-15-20-23(26-14-28(24(20)30)13-16-5-3-2-4-6-16)31-21(15)22(29)27-25-10-17-7-18(11-25)9-19(8-17)12-25/h2-6,14,17-19H,7-13H2,1H3,(H,27,29). The molecule has 6 heteroatoms. The SMILES string of the molecule is Cc1c(C(=O)NC23CC4CC(CC(C4)C2)C3)sc2ncn(Cc3ccccc3)c(=O)c12. The number of nitrogens with one attached hydrogen (secondary N) is 1. The third-order valence-electron chi connectivity index (χ3n) is 7.74. The molecule has 4 aliphatic carbocycles. The molecule has 4 bridgehead atoms. The number of fused-ring (bicyclic) bond motifs is 1. The number of hydrogen-bond donors (Lipinski definition) is 1. The first-order valence-electron chi connectivity index (χ1n) is 11.3. The van der Waals surface area contributed by atoms with Crippen LogP contribution in [0.15, 0.2) is 41.5 Å². The summed E-state index contributed by atoms with van der Waals surface area (Å²) in [5, 5.41) is 4.03. The van der Waals surface area contributed by atoms with Gasteiger partial charge in [-0.15, -0.1) is 11.3 Å². The fourth-order valence-corrected chi connectivity index (χ4v) is 7.86. The molecule has 2 heterocycles. The zero-order valence-electron chi connectivity index (χ0n) is 17.8.